The lowest BCUT2D eigenvalue weighted by Gasteiger charge is -2.33. The Morgan fingerprint density at radius 1 is 1.06 bits per heavy atom. The van der Waals surface area contributed by atoms with Gasteiger partial charge >= 0.3 is 6.09 Å². The van der Waals surface area contributed by atoms with Gasteiger partial charge in [0.15, 0.2) is 9.84 Å². The number of ether oxygens (including phenoxy) is 1. The first kappa shape index (κ1) is 24.5. The first-order valence-electron chi connectivity index (χ1n) is 11.8. The molecule has 1 N–H and O–H groups in total. The lowest BCUT2D eigenvalue weighted by atomic mass is 10.1. The van der Waals surface area contributed by atoms with Crippen LogP contribution in [0.4, 0.5) is 16.2 Å². The number of nitrogens with zero attached hydrogens (tertiary/aromatic N) is 3. The van der Waals surface area contributed by atoms with Crippen molar-refractivity contribution in [2.75, 3.05) is 18.4 Å². The van der Waals surface area contributed by atoms with Gasteiger partial charge in [0.2, 0.25) is 0 Å². The third kappa shape index (κ3) is 5.01. The highest BCUT2D eigenvalue weighted by Gasteiger charge is 2.34. The van der Waals surface area contributed by atoms with Crippen molar-refractivity contribution in [1.82, 2.24) is 14.9 Å². The third-order valence-electron chi connectivity index (χ3n) is 6.18. The number of carbonyl (C=O) groups excluding carboxylic acids is 1. The van der Waals surface area contributed by atoms with E-state index in [2.05, 4.69) is 15.3 Å². The van der Waals surface area contributed by atoms with Gasteiger partial charge in [-0.25, -0.2) is 18.2 Å². The number of sulfone groups is 1. The lowest BCUT2D eigenvalue weighted by Crippen LogP contribution is -2.44. The highest BCUT2D eigenvalue weighted by Crippen LogP contribution is 2.32. The monoisotopic (exact) mass is 524 g/mol. The van der Waals surface area contributed by atoms with E-state index < -0.39 is 26.8 Å². The molecule has 0 saturated carbocycles. The second-order valence-corrected chi connectivity index (χ2v) is 13.0. The Morgan fingerprint density at radius 3 is 2.58 bits per heavy atom. The van der Waals surface area contributed by atoms with Gasteiger partial charge in [0.25, 0.3) is 0 Å². The van der Waals surface area contributed by atoms with Gasteiger partial charge < -0.3 is 15.0 Å². The number of nitrogens with one attached hydrogen (secondary N) is 1. The maximum atomic E-state index is 13.5. The molecule has 4 aromatic rings. The average molecular weight is 525 g/mol. The molecule has 0 spiro atoms. The third-order valence-corrected chi connectivity index (χ3v) is 9.25. The summed E-state index contributed by atoms with van der Waals surface area (Å²) in [5, 5.41) is 3.56. The molecule has 0 radical (unpaired) electrons. The highest BCUT2D eigenvalue weighted by molar-refractivity contribution is 7.92. The fourth-order valence-corrected chi connectivity index (χ4v) is 6.78. The maximum Gasteiger partial charge on any atom is 0.410 e. The standard InChI is InChI=1S/C26H28N4O4S2/c1-26(2,3)34-25(31)30-12-9-18(10-13-30)36(32,33)19-5-6-21-20(15-19)22(8-11-27-21)29-17-4-7-24-23(14-17)28-16-35-24/h4-8,11,14-16,18H,9-10,12-13H2,1-3H3,(H,27,29). The van der Waals surface area contributed by atoms with E-state index in [-0.39, 0.29) is 4.90 Å². The summed E-state index contributed by atoms with van der Waals surface area (Å²) in [6.07, 6.45) is 2.03. The van der Waals surface area contributed by atoms with E-state index >= 15 is 0 Å². The van der Waals surface area contributed by atoms with Crippen molar-refractivity contribution in [3.05, 3.63) is 54.2 Å². The van der Waals surface area contributed by atoms with Crippen LogP contribution in [0.15, 0.2) is 59.1 Å². The smallest absolute Gasteiger partial charge is 0.410 e. The molecule has 5 rings (SSSR count). The summed E-state index contributed by atoms with van der Waals surface area (Å²) in [6, 6.07) is 12.9. The predicted molar refractivity (Wildman–Crippen MR) is 143 cm³/mol. The summed E-state index contributed by atoms with van der Waals surface area (Å²) < 4.78 is 33.6. The molecule has 0 bridgehead atoms. The van der Waals surface area contributed by atoms with Gasteiger partial charge in [-0.1, -0.05) is 0 Å². The van der Waals surface area contributed by atoms with Crippen molar-refractivity contribution < 1.29 is 17.9 Å². The van der Waals surface area contributed by atoms with Crippen molar-refractivity contribution >= 4 is 59.8 Å². The first-order chi connectivity index (χ1) is 17.1. The molecule has 10 heteroatoms. The summed E-state index contributed by atoms with van der Waals surface area (Å²) in [6.45, 7) is 6.14. The lowest BCUT2D eigenvalue weighted by molar-refractivity contribution is 0.0217. The molecular formula is C26H28N4O4S2. The normalized spacial score (nSPS) is 15.4. The fraction of sp³-hybridized carbons (Fsp3) is 0.346. The number of benzene rings is 2. The van der Waals surface area contributed by atoms with Crippen LogP contribution in [0.2, 0.25) is 0 Å². The first-order valence-corrected chi connectivity index (χ1v) is 14.2. The Bertz CT molecular complexity index is 1530. The zero-order valence-corrected chi connectivity index (χ0v) is 22.0. The van der Waals surface area contributed by atoms with Gasteiger partial charge in [-0.05, 0) is 76.1 Å². The largest absolute Gasteiger partial charge is 0.444 e. The number of hydrogen-bond donors (Lipinski definition) is 1. The van der Waals surface area contributed by atoms with E-state index in [9.17, 15) is 13.2 Å². The summed E-state index contributed by atoms with van der Waals surface area (Å²) in [7, 11) is -3.59. The van der Waals surface area contributed by atoms with E-state index in [0.29, 0.717) is 31.4 Å². The Morgan fingerprint density at radius 2 is 1.83 bits per heavy atom. The van der Waals surface area contributed by atoms with E-state index in [1.807, 2.05) is 50.5 Å². The molecule has 1 aliphatic rings. The number of thiazole rings is 1. The van der Waals surface area contributed by atoms with Crippen LogP contribution in [0.25, 0.3) is 21.1 Å². The molecule has 1 saturated heterocycles. The van der Waals surface area contributed by atoms with Crippen LogP contribution in [0.3, 0.4) is 0 Å². The number of anilines is 2. The molecule has 0 atom stereocenters. The molecule has 2 aromatic heterocycles. The SMILES string of the molecule is CC(C)(C)OC(=O)N1CCC(S(=O)(=O)c2ccc3nccc(Nc4ccc5scnc5c4)c3c2)CC1. The average Bonchev–Trinajstić information content (AvgIpc) is 3.31. The Hall–Kier alpha value is -3.24. The zero-order chi connectivity index (χ0) is 25.5. The van der Waals surface area contributed by atoms with E-state index in [1.54, 1.807) is 40.6 Å². The van der Waals surface area contributed by atoms with Crippen LogP contribution >= 0.6 is 11.3 Å². The van der Waals surface area contributed by atoms with E-state index in [0.717, 1.165) is 27.0 Å². The van der Waals surface area contributed by atoms with Gasteiger partial charge in [-0.3, -0.25) is 4.98 Å². The van der Waals surface area contributed by atoms with Crippen LogP contribution in [0, 0.1) is 0 Å². The highest BCUT2D eigenvalue weighted by atomic mass is 32.2. The predicted octanol–water partition coefficient (Wildman–Crippen LogP) is 5.76. The summed E-state index contributed by atoms with van der Waals surface area (Å²) in [5.74, 6) is 0. The van der Waals surface area contributed by atoms with Gasteiger partial charge in [0.1, 0.15) is 5.60 Å². The molecular weight excluding hydrogens is 496 g/mol. The van der Waals surface area contributed by atoms with Crippen LogP contribution in [0.5, 0.6) is 0 Å². The van der Waals surface area contributed by atoms with Crippen molar-refractivity contribution in [3.8, 4) is 0 Å². The van der Waals surface area contributed by atoms with E-state index in [1.165, 1.54) is 0 Å². The molecule has 0 unspecified atom stereocenters. The summed E-state index contributed by atoms with van der Waals surface area (Å²) in [4.78, 5) is 23.0. The van der Waals surface area contributed by atoms with Crippen molar-refractivity contribution in [2.45, 2.75) is 49.4 Å². The molecule has 8 nitrogen and oxygen atoms in total. The Kier molecular flexibility index (Phi) is 6.34. The van der Waals surface area contributed by atoms with Crippen molar-refractivity contribution in [2.24, 2.45) is 0 Å². The number of fused-ring (bicyclic) bond motifs is 2. The topological polar surface area (TPSA) is 101 Å². The van der Waals surface area contributed by atoms with Gasteiger partial charge in [0.05, 0.1) is 31.4 Å². The second-order valence-electron chi connectivity index (χ2n) is 9.91. The van der Waals surface area contributed by atoms with Crippen molar-refractivity contribution in [3.63, 3.8) is 0 Å². The molecule has 2 aromatic carbocycles. The van der Waals surface area contributed by atoms with E-state index in [4.69, 9.17) is 4.74 Å². The number of piperidine rings is 1. The van der Waals surface area contributed by atoms with Crippen LogP contribution in [-0.4, -0.2) is 53.3 Å². The Labute approximate surface area is 214 Å². The number of amides is 1. The number of rotatable bonds is 4. The quantitative estimate of drug-likeness (QED) is 0.362. The van der Waals surface area contributed by atoms with Gasteiger partial charge in [0, 0.05) is 36.0 Å². The zero-order valence-electron chi connectivity index (χ0n) is 20.4. The van der Waals surface area contributed by atoms with Crippen molar-refractivity contribution in [1.29, 1.82) is 0 Å². The number of carbonyl (C=O) groups is 1. The molecule has 1 aliphatic heterocycles. The molecule has 188 valence electrons. The maximum absolute atomic E-state index is 13.5. The number of aromatic nitrogens is 2. The molecule has 3 heterocycles. The van der Waals surface area contributed by atoms with Gasteiger partial charge in [-0.2, -0.15) is 0 Å². The summed E-state index contributed by atoms with van der Waals surface area (Å²) in [5.41, 5.74) is 4.47. The number of hydrogen-bond acceptors (Lipinski definition) is 8. The van der Waals surface area contributed by atoms with Gasteiger partial charge in [-0.15, -0.1) is 11.3 Å². The molecule has 1 fully saturated rings. The minimum absolute atomic E-state index is 0.261. The fourth-order valence-electron chi connectivity index (χ4n) is 4.37. The molecule has 0 aliphatic carbocycles. The van der Waals surface area contributed by atoms with Crippen LogP contribution in [0.1, 0.15) is 33.6 Å². The summed E-state index contributed by atoms with van der Waals surface area (Å²) >= 11 is 1.58. The second kappa shape index (κ2) is 9.33. The Balaban J connectivity index is 1.37. The molecule has 36 heavy (non-hydrogen) atoms. The number of likely N-dealkylation sites (tertiary alicyclic amines) is 1. The minimum Gasteiger partial charge on any atom is -0.444 e. The van der Waals surface area contributed by atoms with Crippen LogP contribution in [-0.2, 0) is 14.6 Å². The van der Waals surface area contributed by atoms with Crippen LogP contribution < -0.4 is 5.32 Å². The minimum atomic E-state index is -3.59. The number of pyridine rings is 1. The molecule has 1 amide bonds.